The van der Waals surface area contributed by atoms with Crippen molar-refractivity contribution in [3.05, 3.63) is 45.9 Å². The van der Waals surface area contributed by atoms with Gasteiger partial charge in [0.05, 0.1) is 13.1 Å². The molecule has 0 aliphatic carbocycles. The molecule has 0 saturated heterocycles. The first-order valence-electron chi connectivity index (χ1n) is 7.25. The van der Waals surface area contributed by atoms with Crippen LogP contribution in [0.4, 0.5) is 0 Å². The number of aryl methyl sites for hydroxylation is 2. The molecule has 0 aliphatic heterocycles. The van der Waals surface area contributed by atoms with Crippen molar-refractivity contribution >= 4 is 41.3 Å². The first kappa shape index (κ1) is 19.0. The van der Waals surface area contributed by atoms with Gasteiger partial charge in [-0.2, -0.15) is 0 Å². The fourth-order valence-electron chi connectivity index (χ4n) is 2.17. The van der Waals surface area contributed by atoms with Crippen LogP contribution in [0.15, 0.2) is 35.5 Å². The summed E-state index contributed by atoms with van der Waals surface area (Å²) in [7, 11) is 4.15. The van der Waals surface area contributed by atoms with Gasteiger partial charge in [-0.3, -0.25) is 0 Å². The lowest BCUT2D eigenvalue weighted by Crippen LogP contribution is -2.38. The Morgan fingerprint density at radius 2 is 2.14 bits per heavy atom. The van der Waals surface area contributed by atoms with E-state index in [9.17, 15) is 0 Å². The van der Waals surface area contributed by atoms with E-state index in [1.54, 1.807) is 0 Å². The molecule has 1 N–H and O–H groups in total. The van der Waals surface area contributed by atoms with Gasteiger partial charge in [0.2, 0.25) is 0 Å². The molecule has 0 radical (unpaired) electrons. The fourth-order valence-corrected chi connectivity index (χ4v) is 2.99. The minimum absolute atomic E-state index is 0. The zero-order valence-corrected chi connectivity index (χ0v) is 16.8. The molecule has 2 aromatic heterocycles. The maximum absolute atomic E-state index is 4.74. The summed E-state index contributed by atoms with van der Waals surface area (Å²) < 4.78 is 2.14. The van der Waals surface area contributed by atoms with Gasteiger partial charge < -0.3 is 14.8 Å². The van der Waals surface area contributed by atoms with Gasteiger partial charge in [-0.05, 0) is 38.1 Å². The van der Waals surface area contributed by atoms with Crippen LogP contribution in [0.5, 0.6) is 0 Å². The number of thiophene rings is 1. The standard InChI is InChI=1S/C16H24N4S.HI/c1-5-17-16(18-11-15-9-8-13(2)21-15)20(4)12-14-7-6-10-19(14)3;/h6-10H,5,11-12H2,1-4H3,(H,17,18);1H. The third-order valence-corrected chi connectivity index (χ3v) is 4.31. The van der Waals surface area contributed by atoms with Gasteiger partial charge in [0.1, 0.15) is 0 Å². The monoisotopic (exact) mass is 432 g/mol. The number of hydrogen-bond donors (Lipinski definition) is 1. The van der Waals surface area contributed by atoms with Gasteiger partial charge in [-0.15, -0.1) is 35.3 Å². The van der Waals surface area contributed by atoms with Crippen molar-refractivity contribution in [3.8, 4) is 0 Å². The fraction of sp³-hybridized carbons (Fsp3) is 0.438. The lowest BCUT2D eigenvalue weighted by molar-refractivity contribution is 0.462. The van der Waals surface area contributed by atoms with Crippen LogP contribution in [0.25, 0.3) is 0 Å². The molecule has 0 atom stereocenters. The van der Waals surface area contributed by atoms with Crippen molar-refractivity contribution < 1.29 is 0 Å². The summed E-state index contributed by atoms with van der Waals surface area (Å²) in [4.78, 5) is 9.54. The summed E-state index contributed by atoms with van der Waals surface area (Å²) in [6.07, 6.45) is 2.07. The number of rotatable bonds is 5. The number of nitrogens with one attached hydrogen (secondary N) is 1. The summed E-state index contributed by atoms with van der Waals surface area (Å²) in [5, 5.41) is 3.36. The Kier molecular flexibility index (Phi) is 7.95. The zero-order chi connectivity index (χ0) is 15.2. The largest absolute Gasteiger partial charge is 0.357 e. The topological polar surface area (TPSA) is 32.6 Å². The Hall–Kier alpha value is -1.02. The highest BCUT2D eigenvalue weighted by Gasteiger charge is 2.08. The van der Waals surface area contributed by atoms with E-state index in [1.165, 1.54) is 15.4 Å². The van der Waals surface area contributed by atoms with Gasteiger partial charge in [0, 0.05) is 42.3 Å². The Bertz CT molecular complexity index is 603. The van der Waals surface area contributed by atoms with Gasteiger partial charge in [0.15, 0.2) is 5.96 Å². The second-order valence-electron chi connectivity index (χ2n) is 5.15. The molecule has 0 aliphatic rings. The molecule has 122 valence electrons. The number of guanidine groups is 1. The van der Waals surface area contributed by atoms with Crippen molar-refractivity contribution in [2.45, 2.75) is 26.9 Å². The summed E-state index contributed by atoms with van der Waals surface area (Å²) in [6, 6.07) is 8.52. The molecule has 0 unspecified atom stereocenters. The van der Waals surface area contributed by atoms with Crippen molar-refractivity contribution in [1.82, 2.24) is 14.8 Å². The molecule has 2 heterocycles. The van der Waals surface area contributed by atoms with Gasteiger partial charge in [0.25, 0.3) is 0 Å². The molecule has 0 fully saturated rings. The third-order valence-electron chi connectivity index (χ3n) is 3.33. The van der Waals surface area contributed by atoms with Crippen molar-refractivity contribution in [3.63, 3.8) is 0 Å². The molecule has 6 heteroatoms. The maximum Gasteiger partial charge on any atom is 0.194 e. The number of hydrogen-bond acceptors (Lipinski definition) is 2. The highest BCUT2D eigenvalue weighted by Crippen LogP contribution is 2.16. The summed E-state index contributed by atoms with van der Waals surface area (Å²) in [5.41, 5.74) is 1.27. The summed E-state index contributed by atoms with van der Waals surface area (Å²) in [6.45, 7) is 6.68. The molecule has 4 nitrogen and oxygen atoms in total. The average Bonchev–Trinajstić information content (AvgIpc) is 3.04. The third kappa shape index (κ3) is 5.31. The van der Waals surface area contributed by atoms with Crippen LogP contribution in [-0.2, 0) is 20.1 Å². The predicted octanol–water partition coefficient (Wildman–Crippen LogP) is 3.61. The van der Waals surface area contributed by atoms with Gasteiger partial charge in [-0.25, -0.2) is 4.99 Å². The van der Waals surface area contributed by atoms with E-state index in [4.69, 9.17) is 4.99 Å². The van der Waals surface area contributed by atoms with Crippen LogP contribution >= 0.6 is 35.3 Å². The number of aromatic nitrogens is 1. The quantitative estimate of drug-likeness (QED) is 0.445. The minimum Gasteiger partial charge on any atom is -0.357 e. The Morgan fingerprint density at radius 1 is 1.36 bits per heavy atom. The smallest absolute Gasteiger partial charge is 0.194 e. The first-order chi connectivity index (χ1) is 10.1. The van der Waals surface area contributed by atoms with E-state index in [1.807, 2.05) is 11.3 Å². The Balaban J connectivity index is 0.00000242. The molecule has 0 amide bonds. The summed E-state index contributed by atoms with van der Waals surface area (Å²) >= 11 is 1.81. The van der Waals surface area contributed by atoms with E-state index < -0.39 is 0 Å². The molecule has 22 heavy (non-hydrogen) atoms. The Labute approximate surface area is 154 Å². The molecule has 2 aromatic rings. The molecule has 0 bridgehead atoms. The number of aliphatic imine (C=N–C) groups is 1. The van der Waals surface area contributed by atoms with Crippen LogP contribution < -0.4 is 5.32 Å². The van der Waals surface area contributed by atoms with E-state index in [2.05, 4.69) is 73.2 Å². The van der Waals surface area contributed by atoms with Crippen molar-refractivity contribution in [2.75, 3.05) is 13.6 Å². The Morgan fingerprint density at radius 3 is 2.68 bits per heavy atom. The van der Waals surface area contributed by atoms with Crippen LogP contribution in [0.1, 0.15) is 22.4 Å². The molecule has 2 rings (SSSR count). The molecule has 0 spiro atoms. The van der Waals surface area contributed by atoms with Gasteiger partial charge in [-0.1, -0.05) is 0 Å². The van der Waals surface area contributed by atoms with E-state index in [-0.39, 0.29) is 24.0 Å². The predicted molar refractivity (Wildman–Crippen MR) is 106 cm³/mol. The van der Waals surface area contributed by atoms with E-state index in [0.717, 1.165) is 25.6 Å². The second-order valence-corrected chi connectivity index (χ2v) is 6.52. The normalized spacial score (nSPS) is 11.2. The molecule has 0 aromatic carbocycles. The van der Waals surface area contributed by atoms with E-state index >= 15 is 0 Å². The van der Waals surface area contributed by atoms with Crippen LogP contribution in [0, 0.1) is 6.92 Å². The summed E-state index contributed by atoms with van der Waals surface area (Å²) in [5.74, 6) is 0.949. The molecular formula is C16H25IN4S. The SMILES string of the molecule is CCNC(=NCc1ccc(C)s1)N(C)Cc1cccn1C.I. The number of halogens is 1. The average molecular weight is 432 g/mol. The van der Waals surface area contributed by atoms with Crippen LogP contribution in [0.3, 0.4) is 0 Å². The maximum atomic E-state index is 4.74. The van der Waals surface area contributed by atoms with Crippen LogP contribution in [-0.4, -0.2) is 29.0 Å². The van der Waals surface area contributed by atoms with Crippen molar-refractivity contribution in [1.29, 1.82) is 0 Å². The van der Waals surface area contributed by atoms with Crippen molar-refractivity contribution in [2.24, 2.45) is 12.0 Å². The molecular weight excluding hydrogens is 407 g/mol. The lowest BCUT2D eigenvalue weighted by atomic mass is 10.4. The first-order valence-corrected chi connectivity index (χ1v) is 8.06. The van der Waals surface area contributed by atoms with Crippen LogP contribution in [0.2, 0.25) is 0 Å². The van der Waals surface area contributed by atoms with E-state index in [0.29, 0.717) is 0 Å². The number of nitrogens with zero attached hydrogens (tertiary/aromatic N) is 3. The zero-order valence-electron chi connectivity index (χ0n) is 13.7. The highest BCUT2D eigenvalue weighted by molar-refractivity contribution is 14.0. The minimum atomic E-state index is 0. The highest BCUT2D eigenvalue weighted by atomic mass is 127. The van der Waals surface area contributed by atoms with Gasteiger partial charge >= 0.3 is 0 Å². The molecule has 0 saturated carbocycles. The lowest BCUT2D eigenvalue weighted by Gasteiger charge is -2.22. The second kappa shape index (κ2) is 9.19.